The van der Waals surface area contributed by atoms with Crippen LogP contribution in [0.2, 0.25) is 0 Å². The molecule has 1 aliphatic heterocycles. The van der Waals surface area contributed by atoms with Crippen LogP contribution < -0.4 is 10.2 Å². The lowest BCUT2D eigenvalue weighted by atomic mass is 10.1. The van der Waals surface area contributed by atoms with Gasteiger partial charge in [0, 0.05) is 43.3 Å². The Kier molecular flexibility index (Phi) is 5.45. The van der Waals surface area contributed by atoms with Gasteiger partial charge < -0.3 is 10.2 Å². The molecule has 3 rings (SSSR count). The third-order valence-corrected chi connectivity index (χ3v) is 4.51. The van der Waals surface area contributed by atoms with E-state index in [0.29, 0.717) is 6.04 Å². The zero-order chi connectivity index (χ0) is 16.9. The lowest BCUT2D eigenvalue weighted by Crippen LogP contribution is -2.43. The summed E-state index contributed by atoms with van der Waals surface area (Å²) in [5.41, 5.74) is 3.32. The van der Waals surface area contributed by atoms with E-state index >= 15 is 0 Å². The van der Waals surface area contributed by atoms with Gasteiger partial charge in [-0.25, -0.2) is 9.97 Å². The maximum absolute atomic E-state index is 4.58. The molecule has 24 heavy (non-hydrogen) atoms. The molecule has 3 heterocycles. The molecule has 0 atom stereocenters. The van der Waals surface area contributed by atoms with E-state index in [1.165, 1.54) is 5.56 Å². The zero-order valence-electron chi connectivity index (χ0n) is 15.0. The maximum atomic E-state index is 4.58. The first kappa shape index (κ1) is 16.9. The summed E-state index contributed by atoms with van der Waals surface area (Å²) in [5, 5.41) is 8.01. The molecule has 0 aliphatic carbocycles. The summed E-state index contributed by atoms with van der Waals surface area (Å²) < 4.78 is 2.02. The van der Waals surface area contributed by atoms with E-state index in [2.05, 4.69) is 38.4 Å². The number of aromatic nitrogens is 4. The average Bonchev–Trinajstić information content (AvgIpc) is 2.97. The van der Waals surface area contributed by atoms with Gasteiger partial charge in [-0.2, -0.15) is 5.10 Å². The van der Waals surface area contributed by atoms with Crippen molar-refractivity contribution in [2.24, 2.45) is 0 Å². The van der Waals surface area contributed by atoms with Crippen LogP contribution in [0, 0.1) is 20.8 Å². The van der Waals surface area contributed by atoms with Crippen LogP contribution in [0.4, 0.5) is 5.95 Å². The smallest absolute Gasteiger partial charge is 0.225 e. The molecule has 0 aromatic carbocycles. The lowest BCUT2D eigenvalue weighted by Gasteiger charge is -2.32. The number of anilines is 1. The summed E-state index contributed by atoms with van der Waals surface area (Å²) >= 11 is 0. The number of hydrogen-bond donors (Lipinski definition) is 1. The van der Waals surface area contributed by atoms with Gasteiger partial charge in [-0.1, -0.05) is 0 Å². The van der Waals surface area contributed by atoms with Gasteiger partial charge in [0.15, 0.2) is 0 Å². The molecule has 0 saturated carbocycles. The Bertz CT molecular complexity index is 637. The van der Waals surface area contributed by atoms with Crippen molar-refractivity contribution < 1.29 is 0 Å². The van der Waals surface area contributed by atoms with Gasteiger partial charge in [-0.15, -0.1) is 0 Å². The van der Waals surface area contributed by atoms with E-state index in [9.17, 15) is 0 Å². The van der Waals surface area contributed by atoms with Gasteiger partial charge in [-0.05, 0) is 58.2 Å². The molecular formula is C18H28N6. The van der Waals surface area contributed by atoms with E-state index < -0.39 is 0 Å². The molecule has 1 fully saturated rings. The topological polar surface area (TPSA) is 58.9 Å². The van der Waals surface area contributed by atoms with Crippen LogP contribution in [0.25, 0.3) is 0 Å². The zero-order valence-corrected chi connectivity index (χ0v) is 15.0. The summed E-state index contributed by atoms with van der Waals surface area (Å²) in [4.78, 5) is 11.5. The second kappa shape index (κ2) is 7.75. The molecule has 1 N–H and O–H groups in total. The molecule has 0 unspecified atom stereocenters. The second-order valence-electron chi connectivity index (χ2n) is 6.80. The molecule has 0 amide bonds. The van der Waals surface area contributed by atoms with E-state index in [1.807, 2.05) is 30.8 Å². The van der Waals surface area contributed by atoms with Crippen molar-refractivity contribution in [2.45, 2.75) is 52.6 Å². The Morgan fingerprint density at radius 3 is 2.46 bits per heavy atom. The molecule has 2 aromatic heterocycles. The Balaban J connectivity index is 1.39. The molecule has 0 radical (unpaired) electrons. The van der Waals surface area contributed by atoms with Crippen LogP contribution in [0.15, 0.2) is 18.5 Å². The highest BCUT2D eigenvalue weighted by atomic mass is 15.3. The number of hydrogen-bond acceptors (Lipinski definition) is 5. The Morgan fingerprint density at radius 1 is 1.12 bits per heavy atom. The van der Waals surface area contributed by atoms with Crippen LogP contribution in [0.3, 0.4) is 0 Å². The van der Waals surface area contributed by atoms with Gasteiger partial charge in [-0.3, -0.25) is 4.68 Å². The summed E-state index contributed by atoms with van der Waals surface area (Å²) in [7, 11) is 0. The fraction of sp³-hybridized carbons (Fsp3) is 0.611. The minimum Gasteiger partial charge on any atom is -0.341 e. The van der Waals surface area contributed by atoms with Crippen LogP contribution in [0.5, 0.6) is 0 Å². The molecule has 6 heteroatoms. The summed E-state index contributed by atoms with van der Waals surface area (Å²) in [6.07, 6.45) is 7.43. The van der Waals surface area contributed by atoms with Crippen LogP contribution >= 0.6 is 0 Å². The van der Waals surface area contributed by atoms with Crippen molar-refractivity contribution in [3.05, 3.63) is 35.4 Å². The Morgan fingerprint density at radius 2 is 1.83 bits per heavy atom. The van der Waals surface area contributed by atoms with E-state index in [-0.39, 0.29) is 0 Å². The minimum atomic E-state index is 0.603. The van der Waals surface area contributed by atoms with Crippen molar-refractivity contribution in [1.29, 1.82) is 0 Å². The highest BCUT2D eigenvalue weighted by Gasteiger charge is 2.20. The van der Waals surface area contributed by atoms with E-state index in [0.717, 1.165) is 62.8 Å². The largest absolute Gasteiger partial charge is 0.341 e. The molecule has 0 spiro atoms. The average molecular weight is 328 g/mol. The standard InChI is InChI=1S/C18H28N6/c1-14-12-20-24(13-14)8-4-7-19-17-5-9-23(10-6-17)18-21-15(2)11-16(3)22-18/h11-13,17,19H,4-10H2,1-3H3. The quantitative estimate of drug-likeness (QED) is 0.824. The second-order valence-corrected chi connectivity index (χ2v) is 6.80. The molecule has 2 aromatic rings. The van der Waals surface area contributed by atoms with Crippen LogP contribution in [-0.2, 0) is 6.54 Å². The number of aryl methyl sites for hydroxylation is 4. The normalized spacial score (nSPS) is 15.9. The maximum Gasteiger partial charge on any atom is 0.225 e. The highest BCUT2D eigenvalue weighted by Crippen LogP contribution is 2.17. The van der Waals surface area contributed by atoms with Gasteiger partial charge in [0.25, 0.3) is 0 Å². The molecule has 1 saturated heterocycles. The van der Waals surface area contributed by atoms with Gasteiger partial charge in [0.1, 0.15) is 0 Å². The first-order valence-corrected chi connectivity index (χ1v) is 8.90. The van der Waals surface area contributed by atoms with E-state index in [4.69, 9.17) is 0 Å². The van der Waals surface area contributed by atoms with Crippen LogP contribution in [-0.4, -0.2) is 45.4 Å². The predicted octanol–water partition coefficient (Wildman–Crippen LogP) is 2.25. The summed E-state index contributed by atoms with van der Waals surface area (Å²) in [6, 6.07) is 2.63. The number of piperidine rings is 1. The highest BCUT2D eigenvalue weighted by molar-refractivity contribution is 5.32. The molecule has 6 nitrogen and oxygen atoms in total. The van der Waals surface area contributed by atoms with Crippen molar-refractivity contribution in [1.82, 2.24) is 25.1 Å². The fourth-order valence-electron chi connectivity index (χ4n) is 3.27. The van der Waals surface area contributed by atoms with Crippen molar-refractivity contribution in [3.8, 4) is 0 Å². The first-order valence-electron chi connectivity index (χ1n) is 8.90. The monoisotopic (exact) mass is 328 g/mol. The Labute approximate surface area is 144 Å². The number of rotatable bonds is 6. The van der Waals surface area contributed by atoms with Gasteiger partial charge in [0.05, 0.1) is 6.20 Å². The number of nitrogens with zero attached hydrogens (tertiary/aromatic N) is 5. The predicted molar refractivity (Wildman–Crippen MR) is 96.3 cm³/mol. The van der Waals surface area contributed by atoms with E-state index in [1.54, 1.807) is 0 Å². The summed E-state index contributed by atoms with van der Waals surface area (Å²) in [5.74, 6) is 0.889. The molecule has 130 valence electrons. The van der Waals surface area contributed by atoms with Crippen molar-refractivity contribution >= 4 is 5.95 Å². The summed E-state index contributed by atoms with van der Waals surface area (Å²) in [6.45, 7) is 10.2. The minimum absolute atomic E-state index is 0.603. The Hall–Kier alpha value is -1.95. The third-order valence-electron chi connectivity index (χ3n) is 4.51. The fourth-order valence-corrected chi connectivity index (χ4v) is 3.27. The van der Waals surface area contributed by atoms with Crippen LogP contribution in [0.1, 0.15) is 36.2 Å². The lowest BCUT2D eigenvalue weighted by molar-refractivity contribution is 0.402. The third kappa shape index (κ3) is 4.54. The van der Waals surface area contributed by atoms with Crippen molar-refractivity contribution in [3.63, 3.8) is 0 Å². The first-order chi connectivity index (χ1) is 11.6. The number of nitrogens with one attached hydrogen (secondary N) is 1. The molecule has 1 aliphatic rings. The molecular weight excluding hydrogens is 300 g/mol. The van der Waals surface area contributed by atoms with Gasteiger partial charge in [0.2, 0.25) is 5.95 Å². The molecule has 0 bridgehead atoms. The van der Waals surface area contributed by atoms with Gasteiger partial charge >= 0.3 is 0 Å². The SMILES string of the molecule is Cc1cnn(CCCNC2CCN(c3nc(C)cc(C)n3)CC2)c1. The van der Waals surface area contributed by atoms with Crippen molar-refractivity contribution in [2.75, 3.05) is 24.5 Å².